The summed E-state index contributed by atoms with van der Waals surface area (Å²) in [6, 6.07) is 6.34. The smallest absolute Gasteiger partial charge is 0.172 e. The average Bonchev–Trinajstić information content (AvgIpc) is 2.45. The number of nitrogens with two attached hydrogens (primary N) is 1. The molecule has 0 aliphatic heterocycles. The molecule has 20 heavy (non-hydrogen) atoms. The number of oxime groups is 1. The topological polar surface area (TPSA) is 61.8 Å². The van der Waals surface area contributed by atoms with E-state index in [9.17, 15) is 0 Å². The van der Waals surface area contributed by atoms with Gasteiger partial charge in [0.25, 0.3) is 0 Å². The predicted molar refractivity (Wildman–Crippen MR) is 86.5 cm³/mol. The average molecular weight is 340 g/mol. The lowest BCUT2D eigenvalue weighted by Crippen LogP contribution is -2.36. The first-order valence-corrected chi connectivity index (χ1v) is 7.82. The molecule has 0 heterocycles. The standard InChI is InChI=1S/C15H22BrN3O/c1-10-4-3-5-12(8-10)19(2)14-9-11(16)6-7-13(14)15(17)18-20/h6-7,9-10,12,20H,3-5,8H2,1-2H3,(H2,17,18). The van der Waals surface area contributed by atoms with Gasteiger partial charge in [0.15, 0.2) is 5.84 Å². The zero-order chi connectivity index (χ0) is 14.7. The minimum Gasteiger partial charge on any atom is -0.409 e. The Hall–Kier alpha value is -1.23. The van der Waals surface area contributed by atoms with E-state index in [1.54, 1.807) is 0 Å². The second-order valence-corrected chi connectivity index (χ2v) is 6.60. The summed E-state index contributed by atoms with van der Waals surface area (Å²) in [4.78, 5) is 2.27. The maximum absolute atomic E-state index is 8.95. The Morgan fingerprint density at radius 2 is 2.20 bits per heavy atom. The van der Waals surface area contributed by atoms with Gasteiger partial charge in [0.1, 0.15) is 0 Å². The normalized spacial score (nSPS) is 23.6. The first-order valence-electron chi connectivity index (χ1n) is 7.03. The lowest BCUT2D eigenvalue weighted by molar-refractivity contribution is 0.318. The van der Waals surface area contributed by atoms with Crippen LogP contribution in [0.25, 0.3) is 0 Å². The number of halogens is 1. The summed E-state index contributed by atoms with van der Waals surface area (Å²) < 4.78 is 0.998. The van der Waals surface area contributed by atoms with Gasteiger partial charge < -0.3 is 15.8 Å². The summed E-state index contributed by atoms with van der Waals surface area (Å²) in [5.74, 6) is 0.916. The minimum absolute atomic E-state index is 0.156. The number of hydrogen-bond acceptors (Lipinski definition) is 3. The van der Waals surface area contributed by atoms with Crippen LogP contribution in [0.2, 0.25) is 0 Å². The van der Waals surface area contributed by atoms with E-state index in [0.29, 0.717) is 6.04 Å². The summed E-state index contributed by atoms with van der Waals surface area (Å²) in [7, 11) is 2.10. The zero-order valence-electron chi connectivity index (χ0n) is 12.0. The van der Waals surface area contributed by atoms with Crippen LogP contribution in [0.3, 0.4) is 0 Å². The van der Waals surface area contributed by atoms with Crippen molar-refractivity contribution in [3.63, 3.8) is 0 Å². The highest BCUT2D eigenvalue weighted by atomic mass is 79.9. The van der Waals surface area contributed by atoms with Crippen molar-refractivity contribution >= 4 is 27.5 Å². The Morgan fingerprint density at radius 3 is 2.85 bits per heavy atom. The maximum Gasteiger partial charge on any atom is 0.172 e. The Bertz CT molecular complexity index is 504. The fourth-order valence-corrected chi connectivity index (χ4v) is 3.37. The molecule has 1 fully saturated rings. The van der Waals surface area contributed by atoms with Crippen molar-refractivity contribution in [1.82, 2.24) is 0 Å². The van der Waals surface area contributed by atoms with Crippen LogP contribution in [0.1, 0.15) is 38.2 Å². The van der Waals surface area contributed by atoms with Gasteiger partial charge in [0.2, 0.25) is 0 Å². The lowest BCUT2D eigenvalue weighted by atomic mass is 9.86. The van der Waals surface area contributed by atoms with Gasteiger partial charge in [-0.05, 0) is 37.0 Å². The first-order chi connectivity index (χ1) is 9.52. The van der Waals surface area contributed by atoms with Gasteiger partial charge in [-0.25, -0.2) is 0 Å². The third-order valence-electron chi connectivity index (χ3n) is 4.18. The number of anilines is 1. The van der Waals surface area contributed by atoms with Crippen molar-refractivity contribution in [2.24, 2.45) is 16.8 Å². The highest BCUT2D eigenvalue weighted by Gasteiger charge is 2.24. The van der Waals surface area contributed by atoms with Gasteiger partial charge in [-0.3, -0.25) is 0 Å². The van der Waals surface area contributed by atoms with Crippen LogP contribution in [-0.4, -0.2) is 24.1 Å². The summed E-state index contributed by atoms with van der Waals surface area (Å²) in [6.07, 6.45) is 4.97. The van der Waals surface area contributed by atoms with Crippen LogP contribution < -0.4 is 10.6 Å². The lowest BCUT2D eigenvalue weighted by Gasteiger charge is -2.36. The molecule has 1 aliphatic carbocycles. The molecule has 0 spiro atoms. The predicted octanol–water partition coefficient (Wildman–Crippen LogP) is 3.56. The Kier molecular flexibility index (Phi) is 4.91. The number of benzene rings is 1. The van der Waals surface area contributed by atoms with Gasteiger partial charge in [0.05, 0.1) is 0 Å². The minimum atomic E-state index is 0.156. The molecule has 110 valence electrons. The summed E-state index contributed by atoms with van der Waals surface area (Å²) in [5.41, 5.74) is 7.58. The van der Waals surface area contributed by atoms with E-state index in [1.807, 2.05) is 18.2 Å². The van der Waals surface area contributed by atoms with E-state index in [2.05, 4.69) is 40.0 Å². The van der Waals surface area contributed by atoms with Crippen molar-refractivity contribution in [2.75, 3.05) is 11.9 Å². The highest BCUT2D eigenvalue weighted by Crippen LogP contribution is 2.32. The van der Waals surface area contributed by atoms with Crippen LogP contribution in [0.4, 0.5) is 5.69 Å². The third-order valence-corrected chi connectivity index (χ3v) is 4.67. The first kappa shape index (κ1) is 15.2. The number of nitrogens with zero attached hydrogens (tertiary/aromatic N) is 2. The second-order valence-electron chi connectivity index (χ2n) is 5.68. The number of amidine groups is 1. The molecule has 0 radical (unpaired) electrons. The van der Waals surface area contributed by atoms with Crippen molar-refractivity contribution in [2.45, 2.75) is 38.6 Å². The molecule has 1 aromatic carbocycles. The van der Waals surface area contributed by atoms with E-state index in [4.69, 9.17) is 10.9 Å². The van der Waals surface area contributed by atoms with Crippen LogP contribution in [0, 0.1) is 5.92 Å². The molecule has 0 aromatic heterocycles. The molecule has 0 amide bonds. The maximum atomic E-state index is 8.95. The molecule has 2 unspecified atom stereocenters. The molecule has 2 rings (SSSR count). The van der Waals surface area contributed by atoms with Crippen LogP contribution in [-0.2, 0) is 0 Å². The van der Waals surface area contributed by atoms with E-state index >= 15 is 0 Å². The van der Waals surface area contributed by atoms with E-state index in [1.165, 1.54) is 25.7 Å². The quantitative estimate of drug-likeness (QED) is 0.383. The van der Waals surface area contributed by atoms with E-state index < -0.39 is 0 Å². The van der Waals surface area contributed by atoms with Crippen molar-refractivity contribution in [1.29, 1.82) is 0 Å². The largest absolute Gasteiger partial charge is 0.409 e. The monoisotopic (exact) mass is 339 g/mol. The van der Waals surface area contributed by atoms with Gasteiger partial charge in [-0.15, -0.1) is 0 Å². The van der Waals surface area contributed by atoms with Crippen LogP contribution >= 0.6 is 15.9 Å². The van der Waals surface area contributed by atoms with Crippen LogP contribution in [0.5, 0.6) is 0 Å². The molecule has 1 aliphatic rings. The third kappa shape index (κ3) is 3.26. The molecular weight excluding hydrogens is 318 g/mol. The molecule has 4 nitrogen and oxygen atoms in total. The summed E-state index contributed by atoms with van der Waals surface area (Å²) in [5, 5.41) is 12.1. The summed E-state index contributed by atoms with van der Waals surface area (Å²) in [6.45, 7) is 2.31. The summed E-state index contributed by atoms with van der Waals surface area (Å²) >= 11 is 3.50. The molecule has 5 heteroatoms. The van der Waals surface area contributed by atoms with Gasteiger partial charge >= 0.3 is 0 Å². The Labute approximate surface area is 128 Å². The van der Waals surface area contributed by atoms with Crippen molar-refractivity contribution in [3.8, 4) is 0 Å². The fraction of sp³-hybridized carbons (Fsp3) is 0.533. The number of hydrogen-bond donors (Lipinski definition) is 2. The molecule has 2 atom stereocenters. The molecule has 1 saturated carbocycles. The molecule has 0 saturated heterocycles. The van der Waals surface area contributed by atoms with Gasteiger partial charge in [-0.1, -0.05) is 40.9 Å². The number of rotatable bonds is 3. The fourth-order valence-electron chi connectivity index (χ4n) is 3.02. The molecule has 3 N–H and O–H groups in total. The molecular formula is C15H22BrN3O. The van der Waals surface area contributed by atoms with Gasteiger partial charge in [0, 0.05) is 28.8 Å². The van der Waals surface area contributed by atoms with Crippen molar-refractivity contribution in [3.05, 3.63) is 28.2 Å². The molecule has 0 bridgehead atoms. The highest BCUT2D eigenvalue weighted by molar-refractivity contribution is 9.10. The van der Waals surface area contributed by atoms with E-state index in [-0.39, 0.29) is 5.84 Å². The zero-order valence-corrected chi connectivity index (χ0v) is 13.6. The van der Waals surface area contributed by atoms with Crippen molar-refractivity contribution < 1.29 is 5.21 Å². The molecule has 1 aromatic rings. The van der Waals surface area contributed by atoms with Crippen LogP contribution in [0.15, 0.2) is 27.8 Å². The van der Waals surface area contributed by atoms with E-state index in [0.717, 1.165) is 21.6 Å². The second kappa shape index (κ2) is 6.48. The SMILES string of the molecule is CC1CCCC(N(C)c2cc(Br)ccc2/C(N)=N/O)C1. The Morgan fingerprint density at radius 1 is 1.45 bits per heavy atom. The van der Waals surface area contributed by atoms with Gasteiger partial charge in [-0.2, -0.15) is 0 Å². The Balaban J connectivity index is 2.32.